The van der Waals surface area contributed by atoms with Crippen LogP contribution in [0.25, 0.3) is 0 Å². The number of hydrogen-bond donors (Lipinski definition) is 2. The number of rotatable bonds is 6. The molecule has 1 fully saturated rings. The SMILES string of the molecule is CCN1CCCC1CNS(=O)(=O)c1cc(C)c(CO)s1. The van der Waals surface area contributed by atoms with Gasteiger partial charge in [-0.05, 0) is 44.5 Å². The highest BCUT2D eigenvalue weighted by Crippen LogP contribution is 2.26. The number of aliphatic hydroxyl groups is 1. The number of thiophene rings is 1. The van der Waals surface area contributed by atoms with E-state index < -0.39 is 10.0 Å². The molecule has 0 aliphatic carbocycles. The fraction of sp³-hybridized carbons (Fsp3) is 0.692. The van der Waals surface area contributed by atoms with Gasteiger partial charge in [-0.3, -0.25) is 4.90 Å². The van der Waals surface area contributed by atoms with Gasteiger partial charge in [0.05, 0.1) is 6.61 Å². The van der Waals surface area contributed by atoms with Gasteiger partial charge in [0.15, 0.2) is 0 Å². The molecule has 0 amide bonds. The molecule has 2 heterocycles. The van der Waals surface area contributed by atoms with Crippen LogP contribution in [0, 0.1) is 6.92 Å². The van der Waals surface area contributed by atoms with Crippen molar-refractivity contribution in [2.75, 3.05) is 19.6 Å². The van der Waals surface area contributed by atoms with Gasteiger partial charge >= 0.3 is 0 Å². The van der Waals surface area contributed by atoms with Gasteiger partial charge in [0.2, 0.25) is 10.0 Å². The fourth-order valence-corrected chi connectivity index (χ4v) is 5.16. The first-order chi connectivity index (χ1) is 9.47. The summed E-state index contributed by atoms with van der Waals surface area (Å²) in [6.45, 7) is 6.27. The van der Waals surface area contributed by atoms with E-state index in [0.717, 1.165) is 42.8 Å². The summed E-state index contributed by atoms with van der Waals surface area (Å²) in [5.74, 6) is 0. The van der Waals surface area contributed by atoms with Crippen LogP contribution in [0.3, 0.4) is 0 Å². The van der Waals surface area contributed by atoms with E-state index in [2.05, 4.69) is 16.5 Å². The number of hydrogen-bond acceptors (Lipinski definition) is 5. The van der Waals surface area contributed by atoms with Gasteiger partial charge in [-0.2, -0.15) is 0 Å². The molecule has 2 rings (SSSR count). The molecule has 2 N–H and O–H groups in total. The zero-order valence-corrected chi connectivity index (χ0v) is 13.6. The van der Waals surface area contributed by atoms with Crippen molar-refractivity contribution in [2.45, 2.75) is 43.5 Å². The molecule has 7 heteroatoms. The van der Waals surface area contributed by atoms with Crippen LogP contribution in [-0.4, -0.2) is 44.1 Å². The molecule has 1 aromatic rings. The van der Waals surface area contributed by atoms with Crippen molar-refractivity contribution >= 4 is 21.4 Å². The highest BCUT2D eigenvalue weighted by Gasteiger charge is 2.26. The minimum absolute atomic E-state index is 0.113. The van der Waals surface area contributed by atoms with Crippen LogP contribution in [0.2, 0.25) is 0 Å². The quantitative estimate of drug-likeness (QED) is 0.830. The first-order valence-corrected chi connectivity index (χ1v) is 9.21. The Morgan fingerprint density at radius 3 is 2.90 bits per heavy atom. The molecule has 1 aliphatic heterocycles. The third kappa shape index (κ3) is 3.40. The predicted molar refractivity (Wildman–Crippen MR) is 80.4 cm³/mol. The van der Waals surface area contributed by atoms with E-state index in [0.29, 0.717) is 21.7 Å². The van der Waals surface area contributed by atoms with Crippen LogP contribution in [0.4, 0.5) is 0 Å². The third-order valence-corrected chi connectivity index (χ3v) is 6.94. The molecule has 0 bridgehead atoms. The second-order valence-corrected chi connectivity index (χ2v) is 8.24. The Bertz CT molecular complexity index is 554. The molecule has 114 valence electrons. The standard InChI is InChI=1S/C13H22N2O3S2/c1-3-15-6-4-5-11(15)8-14-20(17,18)13-7-10(2)12(9-16)19-13/h7,11,14,16H,3-6,8-9H2,1-2H3. The average molecular weight is 318 g/mol. The summed E-state index contributed by atoms with van der Waals surface area (Å²) in [7, 11) is -3.46. The van der Waals surface area contributed by atoms with E-state index in [1.165, 1.54) is 0 Å². The lowest BCUT2D eigenvalue weighted by Crippen LogP contribution is -2.39. The van der Waals surface area contributed by atoms with Gasteiger partial charge in [-0.15, -0.1) is 11.3 Å². The molecule has 1 saturated heterocycles. The highest BCUT2D eigenvalue weighted by molar-refractivity contribution is 7.91. The zero-order valence-electron chi connectivity index (χ0n) is 11.9. The van der Waals surface area contributed by atoms with Crippen molar-refractivity contribution in [3.05, 3.63) is 16.5 Å². The molecule has 0 spiro atoms. The van der Waals surface area contributed by atoms with Crippen LogP contribution >= 0.6 is 11.3 Å². The Labute approximate surface area is 124 Å². The summed E-state index contributed by atoms with van der Waals surface area (Å²) >= 11 is 1.14. The number of likely N-dealkylation sites (N-methyl/N-ethyl adjacent to an activating group) is 1. The van der Waals surface area contributed by atoms with Crippen LogP contribution < -0.4 is 4.72 Å². The normalized spacial score (nSPS) is 20.6. The first kappa shape index (κ1) is 15.9. The van der Waals surface area contributed by atoms with Gasteiger partial charge in [-0.25, -0.2) is 13.1 Å². The number of aliphatic hydroxyl groups excluding tert-OH is 1. The third-order valence-electron chi connectivity index (χ3n) is 3.82. The Morgan fingerprint density at radius 1 is 1.55 bits per heavy atom. The van der Waals surface area contributed by atoms with Crippen LogP contribution in [0.5, 0.6) is 0 Å². The largest absolute Gasteiger partial charge is 0.391 e. The summed E-state index contributed by atoms with van der Waals surface area (Å²) < 4.78 is 27.5. The van der Waals surface area contributed by atoms with Crippen molar-refractivity contribution < 1.29 is 13.5 Å². The van der Waals surface area contributed by atoms with Crippen molar-refractivity contribution in [1.82, 2.24) is 9.62 Å². The monoisotopic (exact) mass is 318 g/mol. The van der Waals surface area contributed by atoms with Gasteiger partial charge in [0, 0.05) is 17.5 Å². The molecule has 1 unspecified atom stereocenters. The van der Waals surface area contributed by atoms with Crippen molar-refractivity contribution in [3.8, 4) is 0 Å². The molecule has 0 radical (unpaired) electrons. The maximum atomic E-state index is 12.3. The van der Waals surface area contributed by atoms with Crippen LogP contribution in [-0.2, 0) is 16.6 Å². The summed E-state index contributed by atoms with van der Waals surface area (Å²) in [6, 6.07) is 1.93. The fourth-order valence-electron chi connectivity index (χ4n) is 2.60. The smallest absolute Gasteiger partial charge is 0.250 e. The van der Waals surface area contributed by atoms with E-state index in [1.54, 1.807) is 6.07 Å². The summed E-state index contributed by atoms with van der Waals surface area (Å²) in [6.07, 6.45) is 2.18. The molecule has 1 aliphatic rings. The van der Waals surface area contributed by atoms with Gasteiger partial charge < -0.3 is 5.11 Å². The molecule has 20 heavy (non-hydrogen) atoms. The van der Waals surface area contributed by atoms with Crippen LogP contribution in [0.15, 0.2) is 10.3 Å². The molecule has 0 saturated carbocycles. The Balaban J connectivity index is 2.03. The Morgan fingerprint density at radius 2 is 2.30 bits per heavy atom. The lowest BCUT2D eigenvalue weighted by Gasteiger charge is -2.22. The summed E-state index contributed by atoms with van der Waals surface area (Å²) in [4.78, 5) is 3.02. The molecule has 0 aromatic carbocycles. The van der Waals surface area contributed by atoms with E-state index >= 15 is 0 Å². The molecule has 5 nitrogen and oxygen atoms in total. The minimum Gasteiger partial charge on any atom is -0.391 e. The van der Waals surface area contributed by atoms with Gasteiger partial charge in [0.1, 0.15) is 4.21 Å². The number of nitrogens with zero attached hydrogens (tertiary/aromatic N) is 1. The van der Waals surface area contributed by atoms with E-state index in [4.69, 9.17) is 5.11 Å². The van der Waals surface area contributed by atoms with Crippen molar-refractivity contribution in [3.63, 3.8) is 0 Å². The highest BCUT2D eigenvalue weighted by atomic mass is 32.2. The molecule has 1 atom stereocenters. The van der Waals surface area contributed by atoms with Crippen LogP contribution in [0.1, 0.15) is 30.2 Å². The summed E-state index contributed by atoms with van der Waals surface area (Å²) in [5.41, 5.74) is 0.828. The molecule has 1 aromatic heterocycles. The summed E-state index contributed by atoms with van der Waals surface area (Å²) in [5, 5.41) is 9.16. The number of likely N-dealkylation sites (tertiary alicyclic amines) is 1. The number of aryl methyl sites for hydroxylation is 1. The molecular weight excluding hydrogens is 296 g/mol. The second kappa shape index (κ2) is 6.53. The van der Waals surface area contributed by atoms with E-state index in [1.807, 2.05) is 6.92 Å². The predicted octanol–water partition coefficient (Wildman–Crippen LogP) is 1.31. The first-order valence-electron chi connectivity index (χ1n) is 6.91. The topological polar surface area (TPSA) is 69.6 Å². The van der Waals surface area contributed by atoms with E-state index in [9.17, 15) is 8.42 Å². The lowest BCUT2D eigenvalue weighted by atomic mass is 10.2. The van der Waals surface area contributed by atoms with E-state index in [-0.39, 0.29) is 6.61 Å². The van der Waals surface area contributed by atoms with Gasteiger partial charge in [-0.1, -0.05) is 6.92 Å². The maximum absolute atomic E-state index is 12.3. The number of sulfonamides is 1. The zero-order chi connectivity index (χ0) is 14.8. The lowest BCUT2D eigenvalue weighted by molar-refractivity contribution is 0.268. The van der Waals surface area contributed by atoms with Crippen molar-refractivity contribution in [2.24, 2.45) is 0 Å². The van der Waals surface area contributed by atoms with Crippen molar-refractivity contribution in [1.29, 1.82) is 0 Å². The second-order valence-electron chi connectivity index (χ2n) is 5.11. The van der Waals surface area contributed by atoms with Gasteiger partial charge in [0.25, 0.3) is 0 Å². The average Bonchev–Trinajstić information content (AvgIpc) is 3.02. The Hall–Kier alpha value is -0.470. The number of nitrogens with one attached hydrogen (secondary N) is 1. The molecular formula is C13H22N2O3S2. The minimum atomic E-state index is -3.46. The Kier molecular flexibility index (Phi) is 5.19. The maximum Gasteiger partial charge on any atom is 0.250 e.